The lowest BCUT2D eigenvalue weighted by Gasteiger charge is -2.04. The molecule has 12 heavy (non-hydrogen) atoms. The molecule has 0 bridgehead atoms. The summed E-state index contributed by atoms with van der Waals surface area (Å²) in [6.07, 6.45) is 0.368. The van der Waals surface area contributed by atoms with Crippen LogP contribution in [0.3, 0.4) is 0 Å². The molecule has 1 aromatic rings. The molecule has 0 amide bonds. The fourth-order valence-electron chi connectivity index (χ4n) is 1.00. The zero-order chi connectivity index (χ0) is 9.14. The number of rotatable bonds is 2. The largest absolute Gasteiger partial charge is 0.295 e. The van der Waals surface area contributed by atoms with Crippen molar-refractivity contribution in [2.45, 2.75) is 13.2 Å². The Morgan fingerprint density at radius 3 is 2.67 bits per heavy atom. The molecule has 0 spiro atoms. The van der Waals surface area contributed by atoms with E-state index in [1.54, 1.807) is 18.2 Å². The van der Waals surface area contributed by atoms with Crippen LogP contribution in [0, 0.1) is 0 Å². The number of carbonyl (C=O) groups excluding carboxylic acids is 1. The van der Waals surface area contributed by atoms with Gasteiger partial charge >= 0.3 is 0 Å². The van der Waals surface area contributed by atoms with Crippen LogP contribution < -0.4 is 5.46 Å². The van der Waals surface area contributed by atoms with Gasteiger partial charge in [0.1, 0.15) is 7.85 Å². The molecule has 0 saturated carbocycles. The van der Waals surface area contributed by atoms with Crippen molar-refractivity contribution in [1.82, 2.24) is 0 Å². The first-order chi connectivity index (χ1) is 5.65. The number of hydrogen-bond donors (Lipinski definition) is 0. The van der Waals surface area contributed by atoms with Gasteiger partial charge in [-0.2, -0.15) is 0 Å². The zero-order valence-electron chi connectivity index (χ0n) is 7.00. The second-order valence-electron chi connectivity index (χ2n) is 2.67. The number of ketones is 1. The van der Waals surface area contributed by atoms with Crippen molar-refractivity contribution in [3.05, 3.63) is 29.3 Å². The van der Waals surface area contributed by atoms with Crippen molar-refractivity contribution in [2.24, 2.45) is 0 Å². The van der Waals surface area contributed by atoms with Crippen LogP contribution in [0.1, 0.15) is 22.8 Å². The smallest absolute Gasteiger partial charge is 0.159 e. The minimum Gasteiger partial charge on any atom is -0.295 e. The highest BCUT2D eigenvalue weighted by Gasteiger charge is 2.01. The molecule has 0 aromatic heterocycles. The maximum absolute atomic E-state index is 10.9. The molecule has 0 unspecified atom stereocenters. The van der Waals surface area contributed by atoms with Crippen LogP contribution in [-0.4, -0.2) is 21.5 Å². The maximum Gasteiger partial charge on any atom is 0.159 e. The van der Waals surface area contributed by atoms with Crippen LogP contribution in [0.15, 0.2) is 18.2 Å². The average Bonchev–Trinajstić information content (AvgIpc) is 2.05. The summed E-state index contributed by atoms with van der Waals surface area (Å²) in [5.41, 5.74) is 2.12. The van der Waals surface area contributed by atoms with Crippen LogP contribution in [0.25, 0.3) is 0 Å². The van der Waals surface area contributed by atoms with Crippen LogP contribution in [0.5, 0.6) is 0 Å². The van der Waals surface area contributed by atoms with E-state index in [9.17, 15) is 4.79 Å². The van der Waals surface area contributed by atoms with E-state index in [-0.39, 0.29) is 5.78 Å². The van der Waals surface area contributed by atoms with Gasteiger partial charge < -0.3 is 0 Å². The molecule has 1 aromatic carbocycles. The summed E-state index contributed by atoms with van der Waals surface area (Å²) in [7, 11) is 11.0. The van der Waals surface area contributed by atoms with Gasteiger partial charge in [-0.3, -0.25) is 4.79 Å². The van der Waals surface area contributed by atoms with E-state index in [4.69, 9.17) is 15.7 Å². The van der Waals surface area contributed by atoms with Gasteiger partial charge in [0.15, 0.2) is 5.78 Å². The number of Topliss-reactive ketones (excluding diaryl/α,β-unsaturated/α-hetero) is 1. The number of carbonyl (C=O) groups is 1. The lowest BCUT2D eigenvalue weighted by atomic mass is 9.83. The summed E-state index contributed by atoms with van der Waals surface area (Å²) < 4.78 is 0. The van der Waals surface area contributed by atoms with Crippen molar-refractivity contribution in [2.75, 3.05) is 0 Å². The summed E-state index contributed by atoms with van der Waals surface area (Å²) in [6, 6.07) is 5.15. The number of hydrogen-bond acceptors (Lipinski definition) is 1. The quantitative estimate of drug-likeness (QED) is 0.443. The molecule has 3 heteroatoms. The molecule has 1 rings (SSSR count). The Morgan fingerprint density at radius 2 is 2.17 bits per heavy atom. The van der Waals surface area contributed by atoms with E-state index in [1.807, 2.05) is 0 Å². The molecular formula is C9H8B2O. The summed E-state index contributed by atoms with van der Waals surface area (Å²) in [4.78, 5) is 10.9. The van der Waals surface area contributed by atoms with E-state index < -0.39 is 0 Å². The topological polar surface area (TPSA) is 17.1 Å². The summed E-state index contributed by atoms with van der Waals surface area (Å²) >= 11 is 0. The number of benzene rings is 1. The van der Waals surface area contributed by atoms with Crippen molar-refractivity contribution in [3.8, 4) is 0 Å². The van der Waals surface area contributed by atoms with Crippen molar-refractivity contribution in [1.29, 1.82) is 0 Å². The normalized spacial score (nSPS) is 9.75. The SMILES string of the molecule is [B]Cc1cc(C(C)=O)ccc1[B]. The standard InChI is InChI=1S/C9H8B2O/c1-6(12)7-2-3-9(11)8(4-7)5-10/h2-4H,5H2,1H3. The van der Waals surface area contributed by atoms with Gasteiger partial charge in [0.25, 0.3) is 0 Å². The lowest BCUT2D eigenvalue weighted by Crippen LogP contribution is -2.11. The first-order valence-electron chi connectivity index (χ1n) is 3.74. The molecule has 0 saturated heterocycles. The molecule has 4 radical (unpaired) electrons. The third kappa shape index (κ3) is 1.79. The predicted molar refractivity (Wildman–Crippen MR) is 51.3 cm³/mol. The summed E-state index contributed by atoms with van der Waals surface area (Å²) in [5.74, 6) is 0.0321. The Morgan fingerprint density at radius 1 is 1.50 bits per heavy atom. The Hall–Kier alpha value is -0.980. The fourth-order valence-corrected chi connectivity index (χ4v) is 1.00. The molecule has 0 aliphatic carbocycles. The zero-order valence-corrected chi connectivity index (χ0v) is 7.00. The van der Waals surface area contributed by atoms with Crippen molar-refractivity contribution in [3.63, 3.8) is 0 Å². The van der Waals surface area contributed by atoms with Crippen molar-refractivity contribution >= 4 is 26.9 Å². The molecule has 0 N–H and O–H groups in total. The van der Waals surface area contributed by atoms with Gasteiger partial charge in [0.05, 0.1) is 7.85 Å². The molecule has 56 valence electrons. The maximum atomic E-state index is 10.9. The molecular weight excluding hydrogens is 146 g/mol. The van der Waals surface area contributed by atoms with E-state index >= 15 is 0 Å². The van der Waals surface area contributed by atoms with E-state index in [2.05, 4.69) is 0 Å². The Labute approximate surface area is 75.0 Å². The van der Waals surface area contributed by atoms with Crippen molar-refractivity contribution < 1.29 is 4.79 Å². The molecule has 0 aliphatic rings. The Balaban J connectivity index is 3.13. The van der Waals surface area contributed by atoms with Gasteiger partial charge in [-0.1, -0.05) is 29.5 Å². The third-order valence-corrected chi connectivity index (χ3v) is 1.77. The average molecular weight is 154 g/mol. The van der Waals surface area contributed by atoms with Gasteiger partial charge in [0.2, 0.25) is 0 Å². The van der Waals surface area contributed by atoms with E-state index in [0.717, 1.165) is 5.56 Å². The minimum atomic E-state index is 0.0321. The highest BCUT2D eigenvalue weighted by molar-refractivity contribution is 6.34. The first kappa shape index (κ1) is 9.11. The first-order valence-corrected chi connectivity index (χ1v) is 3.74. The molecule has 0 atom stereocenters. The second-order valence-corrected chi connectivity index (χ2v) is 2.67. The lowest BCUT2D eigenvalue weighted by molar-refractivity contribution is 0.101. The Bertz CT molecular complexity index is 307. The summed E-state index contributed by atoms with van der Waals surface area (Å²) in [6.45, 7) is 1.52. The monoisotopic (exact) mass is 154 g/mol. The van der Waals surface area contributed by atoms with Gasteiger partial charge in [-0.15, -0.1) is 0 Å². The minimum absolute atomic E-state index is 0.0321. The van der Waals surface area contributed by atoms with Crippen LogP contribution in [0.4, 0.5) is 0 Å². The van der Waals surface area contributed by atoms with Crippen LogP contribution in [0.2, 0.25) is 0 Å². The molecule has 0 fully saturated rings. The van der Waals surface area contributed by atoms with E-state index in [0.29, 0.717) is 17.3 Å². The third-order valence-electron chi connectivity index (χ3n) is 1.77. The molecule has 0 aliphatic heterocycles. The van der Waals surface area contributed by atoms with Crippen LogP contribution in [-0.2, 0) is 6.32 Å². The second kappa shape index (κ2) is 3.61. The summed E-state index contributed by atoms with van der Waals surface area (Å²) in [5, 5.41) is 0. The highest BCUT2D eigenvalue weighted by atomic mass is 16.1. The van der Waals surface area contributed by atoms with Gasteiger partial charge in [-0.05, 0) is 13.0 Å². The molecule has 1 nitrogen and oxygen atoms in total. The van der Waals surface area contributed by atoms with Gasteiger partial charge in [0, 0.05) is 5.56 Å². The Kier molecular flexibility index (Phi) is 2.74. The fraction of sp³-hybridized carbons (Fsp3) is 0.222. The van der Waals surface area contributed by atoms with E-state index in [1.165, 1.54) is 6.92 Å². The predicted octanol–water partition coefficient (Wildman–Crippen LogP) is 0.351. The molecule has 0 heterocycles. The highest BCUT2D eigenvalue weighted by Crippen LogP contribution is 2.02. The van der Waals surface area contributed by atoms with Crippen LogP contribution >= 0.6 is 0 Å². The van der Waals surface area contributed by atoms with Gasteiger partial charge in [-0.25, -0.2) is 0 Å².